The van der Waals surface area contributed by atoms with E-state index in [1.165, 1.54) is 0 Å². The summed E-state index contributed by atoms with van der Waals surface area (Å²) in [5.74, 6) is 2.59. The van der Waals surface area contributed by atoms with E-state index in [9.17, 15) is 5.11 Å². The fourth-order valence-electron chi connectivity index (χ4n) is 4.17. The number of aryl methyl sites for hydroxylation is 2. The molecule has 3 aromatic rings. The first-order valence-corrected chi connectivity index (χ1v) is 11.5. The predicted molar refractivity (Wildman–Crippen MR) is 125 cm³/mol. The zero-order chi connectivity index (χ0) is 23.2. The molecule has 3 heterocycles. The van der Waals surface area contributed by atoms with Gasteiger partial charge in [0.1, 0.15) is 24.2 Å². The second-order valence-electron chi connectivity index (χ2n) is 8.58. The van der Waals surface area contributed by atoms with Gasteiger partial charge in [-0.25, -0.2) is 9.97 Å². The minimum absolute atomic E-state index is 0.208. The number of nitrogens with one attached hydrogen (secondary N) is 1. The summed E-state index contributed by atoms with van der Waals surface area (Å²) in [5.41, 5.74) is 4.39. The molecule has 8 nitrogen and oxygen atoms in total. The van der Waals surface area contributed by atoms with Crippen LogP contribution in [0.4, 0.5) is 0 Å². The highest BCUT2D eigenvalue weighted by atomic mass is 16.5. The van der Waals surface area contributed by atoms with Crippen LogP contribution in [0, 0.1) is 19.8 Å². The van der Waals surface area contributed by atoms with Crippen molar-refractivity contribution in [2.24, 2.45) is 5.92 Å². The summed E-state index contributed by atoms with van der Waals surface area (Å²) >= 11 is 0. The Morgan fingerprint density at radius 3 is 2.73 bits per heavy atom. The monoisotopic (exact) mass is 452 g/mol. The summed E-state index contributed by atoms with van der Waals surface area (Å²) in [6.07, 6.45) is 2.38. The van der Waals surface area contributed by atoms with Crippen molar-refractivity contribution >= 4 is 0 Å². The minimum atomic E-state index is -0.580. The molecule has 0 amide bonds. The average molecular weight is 453 g/mol. The molecule has 33 heavy (non-hydrogen) atoms. The summed E-state index contributed by atoms with van der Waals surface area (Å²) in [5, 5.41) is 17.0. The number of aliphatic hydroxyl groups is 1. The molecule has 2 aromatic heterocycles. The van der Waals surface area contributed by atoms with Gasteiger partial charge in [0.15, 0.2) is 5.82 Å². The van der Waals surface area contributed by atoms with Crippen molar-refractivity contribution in [2.45, 2.75) is 39.2 Å². The van der Waals surface area contributed by atoms with E-state index in [0.29, 0.717) is 24.0 Å². The van der Waals surface area contributed by atoms with E-state index >= 15 is 0 Å². The maximum Gasteiger partial charge on any atom is 0.160 e. The lowest BCUT2D eigenvalue weighted by Gasteiger charge is -2.22. The lowest BCUT2D eigenvalue weighted by Crippen LogP contribution is -2.29. The molecule has 0 spiro atoms. The van der Waals surface area contributed by atoms with E-state index < -0.39 is 6.10 Å². The Labute approximate surface area is 194 Å². The van der Waals surface area contributed by atoms with E-state index in [4.69, 9.17) is 24.0 Å². The number of likely N-dealkylation sites (N-methyl/N-ethyl adjacent to an activating group) is 1. The second-order valence-corrected chi connectivity index (χ2v) is 8.58. The van der Waals surface area contributed by atoms with Gasteiger partial charge in [-0.2, -0.15) is 0 Å². The fraction of sp³-hybridized carbons (Fsp3) is 0.480. The number of aromatic nitrogens is 3. The minimum Gasteiger partial charge on any atom is -0.491 e. The summed E-state index contributed by atoms with van der Waals surface area (Å²) in [7, 11) is 1.80. The SMILES string of the molecule is CNC[C@H](O)COc1cccc(-c2nc(CC3CCOCC3)cc(-c3c(C)noc3C)n2)c1. The quantitative estimate of drug-likeness (QED) is 0.510. The molecule has 0 bridgehead atoms. The van der Waals surface area contributed by atoms with Crippen LogP contribution >= 0.6 is 0 Å². The molecular formula is C25H32N4O4. The Morgan fingerprint density at radius 2 is 2.00 bits per heavy atom. The summed E-state index contributed by atoms with van der Waals surface area (Å²) in [4.78, 5) is 9.79. The van der Waals surface area contributed by atoms with Gasteiger partial charge in [-0.3, -0.25) is 0 Å². The summed E-state index contributed by atoms with van der Waals surface area (Å²) < 4.78 is 16.7. The smallest absolute Gasteiger partial charge is 0.160 e. The highest BCUT2D eigenvalue weighted by molar-refractivity contribution is 5.67. The van der Waals surface area contributed by atoms with E-state index in [1.807, 2.05) is 38.1 Å². The first kappa shape index (κ1) is 23.4. The van der Waals surface area contributed by atoms with Crippen molar-refractivity contribution in [3.63, 3.8) is 0 Å². The molecule has 1 fully saturated rings. The van der Waals surface area contributed by atoms with E-state index in [1.54, 1.807) is 7.05 Å². The molecule has 0 saturated carbocycles. The topological polar surface area (TPSA) is 103 Å². The average Bonchev–Trinajstić information content (AvgIpc) is 3.16. The first-order valence-electron chi connectivity index (χ1n) is 11.5. The zero-order valence-electron chi connectivity index (χ0n) is 19.5. The highest BCUT2D eigenvalue weighted by Gasteiger charge is 2.20. The molecule has 0 unspecified atom stereocenters. The lowest BCUT2D eigenvalue weighted by molar-refractivity contribution is 0.0663. The Morgan fingerprint density at radius 1 is 1.18 bits per heavy atom. The van der Waals surface area contributed by atoms with Crippen LogP contribution in [0.2, 0.25) is 0 Å². The number of ether oxygens (including phenoxy) is 2. The highest BCUT2D eigenvalue weighted by Crippen LogP contribution is 2.30. The van der Waals surface area contributed by atoms with Crippen molar-refractivity contribution in [1.82, 2.24) is 20.4 Å². The number of aliphatic hydroxyl groups excluding tert-OH is 1. The molecule has 4 rings (SSSR count). The summed E-state index contributed by atoms with van der Waals surface area (Å²) in [6, 6.07) is 9.73. The van der Waals surface area contributed by atoms with Gasteiger partial charge in [0, 0.05) is 31.0 Å². The predicted octanol–water partition coefficient (Wildman–Crippen LogP) is 3.34. The van der Waals surface area contributed by atoms with Crippen LogP contribution in [-0.4, -0.2) is 59.7 Å². The van der Waals surface area contributed by atoms with Gasteiger partial charge in [-0.05, 0) is 64.3 Å². The molecule has 2 N–H and O–H groups in total. The molecule has 1 atom stereocenters. The Hall–Kier alpha value is -2.81. The van der Waals surface area contributed by atoms with Crippen molar-refractivity contribution in [3.8, 4) is 28.4 Å². The Kier molecular flexibility index (Phi) is 7.69. The second kappa shape index (κ2) is 10.9. The van der Waals surface area contributed by atoms with E-state index in [-0.39, 0.29) is 6.61 Å². The van der Waals surface area contributed by atoms with Crippen molar-refractivity contribution in [2.75, 3.05) is 33.4 Å². The van der Waals surface area contributed by atoms with Crippen LogP contribution < -0.4 is 10.1 Å². The standard InChI is InChI=1S/C25H32N4O4/c1-16-24(17(2)33-29-16)23-13-20(11-18-7-9-31-10-8-18)27-25(28-23)19-5-4-6-22(12-19)32-15-21(30)14-26-3/h4-6,12-13,18,21,26,30H,7-11,14-15H2,1-3H3/t21-/m0/s1. The molecule has 8 heteroatoms. The molecule has 0 aliphatic carbocycles. The van der Waals surface area contributed by atoms with Crippen LogP contribution in [0.15, 0.2) is 34.9 Å². The number of benzene rings is 1. The number of nitrogens with zero attached hydrogens (tertiary/aromatic N) is 3. The lowest BCUT2D eigenvalue weighted by atomic mass is 9.94. The van der Waals surface area contributed by atoms with Gasteiger partial charge >= 0.3 is 0 Å². The Bertz CT molecular complexity index is 1040. The van der Waals surface area contributed by atoms with Crippen LogP contribution in [0.25, 0.3) is 22.6 Å². The maximum atomic E-state index is 9.95. The molecule has 1 aliphatic rings. The van der Waals surface area contributed by atoms with Gasteiger partial charge < -0.3 is 24.4 Å². The van der Waals surface area contributed by atoms with Gasteiger partial charge in [0.25, 0.3) is 0 Å². The van der Waals surface area contributed by atoms with Gasteiger partial charge in [-0.1, -0.05) is 17.3 Å². The zero-order valence-corrected chi connectivity index (χ0v) is 19.5. The first-order chi connectivity index (χ1) is 16.0. The van der Waals surface area contributed by atoms with Gasteiger partial charge in [-0.15, -0.1) is 0 Å². The number of hydrogen-bond acceptors (Lipinski definition) is 8. The largest absolute Gasteiger partial charge is 0.491 e. The molecule has 0 radical (unpaired) electrons. The Balaban J connectivity index is 1.66. The van der Waals surface area contributed by atoms with Crippen molar-refractivity contribution in [3.05, 3.63) is 47.5 Å². The molecule has 1 saturated heterocycles. The number of hydrogen-bond donors (Lipinski definition) is 2. The third-order valence-corrected chi connectivity index (χ3v) is 5.88. The molecule has 176 valence electrons. The summed E-state index contributed by atoms with van der Waals surface area (Å²) in [6.45, 7) is 6.12. The molecular weight excluding hydrogens is 420 g/mol. The third kappa shape index (κ3) is 5.96. The molecule has 1 aromatic carbocycles. The molecule has 1 aliphatic heterocycles. The van der Waals surface area contributed by atoms with Crippen LogP contribution in [0.3, 0.4) is 0 Å². The van der Waals surface area contributed by atoms with Crippen molar-refractivity contribution in [1.29, 1.82) is 0 Å². The third-order valence-electron chi connectivity index (χ3n) is 5.88. The van der Waals surface area contributed by atoms with Gasteiger partial charge in [0.05, 0.1) is 17.0 Å². The fourth-order valence-corrected chi connectivity index (χ4v) is 4.17. The van der Waals surface area contributed by atoms with Crippen LogP contribution in [-0.2, 0) is 11.2 Å². The van der Waals surface area contributed by atoms with Gasteiger partial charge in [0.2, 0.25) is 0 Å². The number of rotatable bonds is 9. The van der Waals surface area contributed by atoms with Crippen molar-refractivity contribution < 1.29 is 19.1 Å². The normalized spacial score (nSPS) is 15.5. The van der Waals surface area contributed by atoms with Crippen LogP contribution in [0.1, 0.15) is 30.0 Å². The maximum absolute atomic E-state index is 9.95. The van der Waals surface area contributed by atoms with E-state index in [2.05, 4.69) is 16.5 Å². The van der Waals surface area contributed by atoms with E-state index in [0.717, 1.165) is 66.4 Å². The van der Waals surface area contributed by atoms with Crippen LogP contribution in [0.5, 0.6) is 5.75 Å².